The van der Waals surface area contributed by atoms with E-state index in [4.69, 9.17) is 5.73 Å². The van der Waals surface area contributed by atoms with E-state index in [1.165, 1.54) is 11.3 Å². The lowest BCUT2D eigenvalue weighted by Crippen LogP contribution is -3.03. The maximum absolute atomic E-state index is 13.1. The number of anilines is 1. The average molecular weight is 409 g/mol. The predicted octanol–water partition coefficient (Wildman–Crippen LogP) is 3.39. The van der Waals surface area contributed by atoms with Crippen molar-refractivity contribution in [3.05, 3.63) is 64.0 Å². The smallest absolute Gasteiger partial charge is 0.256 e. The Morgan fingerprint density at radius 1 is 1.07 bits per heavy atom. The van der Waals surface area contributed by atoms with Gasteiger partial charge in [0, 0.05) is 12.0 Å². The number of quaternary nitrogens is 1. The van der Waals surface area contributed by atoms with Crippen LogP contribution in [0.15, 0.2) is 42.5 Å². The molecule has 5 nitrogen and oxygen atoms in total. The maximum Gasteiger partial charge on any atom is 0.256 e. The van der Waals surface area contributed by atoms with E-state index < -0.39 is 5.91 Å². The van der Waals surface area contributed by atoms with Crippen LogP contribution in [0.4, 0.5) is 5.00 Å². The van der Waals surface area contributed by atoms with Gasteiger partial charge in [0.05, 0.1) is 16.0 Å². The Labute approximate surface area is 174 Å². The number of nitrogens with one attached hydrogen (secondary N) is 1. The predicted molar refractivity (Wildman–Crippen MR) is 117 cm³/mol. The number of primary amides is 1. The highest BCUT2D eigenvalue weighted by Crippen LogP contribution is 2.42. The first-order valence-corrected chi connectivity index (χ1v) is 10.5. The molecule has 1 aromatic heterocycles. The minimum atomic E-state index is -0.496. The van der Waals surface area contributed by atoms with Crippen LogP contribution in [0.1, 0.15) is 58.9 Å². The van der Waals surface area contributed by atoms with Crippen LogP contribution in [0, 0.1) is 0 Å². The molecule has 2 amide bonds. The van der Waals surface area contributed by atoms with Gasteiger partial charge < -0.3 is 16.4 Å². The number of nitrogens with two attached hydrogens (primary N) is 2. The molecule has 0 saturated carbocycles. The molecule has 6 heteroatoms. The molecule has 0 saturated heterocycles. The van der Waals surface area contributed by atoms with E-state index in [1.807, 2.05) is 36.4 Å². The summed E-state index contributed by atoms with van der Waals surface area (Å²) in [5.41, 5.74) is 7.51. The highest BCUT2D eigenvalue weighted by Gasteiger charge is 2.45. The number of hydrogen-bond donors (Lipinski definition) is 3. The molecule has 29 heavy (non-hydrogen) atoms. The Kier molecular flexibility index (Phi) is 4.52. The van der Waals surface area contributed by atoms with Crippen molar-refractivity contribution < 1.29 is 14.9 Å². The molecule has 2 aromatic carbocycles. The Bertz CT molecular complexity index is 1140. The molecule has 0 atom stereocenters. The molecule has 4 rings (SSSR count). The Hall–Kier alpha value is -2.70. The number of fused-ring (bicyclic) bond motifs is 2. The van der Waals surface area contributed by atoms with Gasteiger partial charge in [-0.1, -0.05) is 36.4 Å². The van der Waals surface area contributed by atoms with Gasteiger partial charge in [0.2, 0.25) is 0 Å². The fourth-order valence-electron chi connectivity index (χ4n) is 4.65. The van der Waals surface area contributed by atoms with Crippen molar-refractivity contribution in [2.75, 3.05) is 5.32 Å². The molecule has 2 heterocycles. The van der Waals surface area contributed by atoms with Crippen LogP contribution in [-0.4, -0.2) is 17.4 Å². The summed E-state index contributed by atoms with van der Waals surface area (Å²) < 4.78 is 0. The van der Waals surface area contributed by atoms with Crippen LogP contribution < -0.4 is 16.4 Å². The number of thiophene rings is 1. The van der Waals surface area contributed by atoms with Crippen LogP contribution in [0.25, 0.3) is 10.8 Å². The summed E-state index contributed by atoms with van der Waals surface area (Å²) in [7, 11) is 0. The fraction of sp³-hybridized carbons (Fsp3) is 0.304. The topological polar surface area (TPSA) is 88.8 Å². The van der Waals surface area contributed by atoms with E-state index >= 15 is 0 Å². The second-order valence-electron chi connectivity index (χ2n) is 8.99. The van der Waals surface area contributed by atoms with Gasteiger partial charge in [-0.15, -0.1) is 11.3 Å². The Morgan fingerprint density at radius 2 is 1.76 bits per heavy atom. The number of amides is 2. The van der Waals surface area contributed by atoms with E-state index in [1.54, 1.807) is 6.07 Å². The Balaban J connectivity index is 1.79. The molecule has 0 spiro atoms. The first-order chi connectivity index (χ1) is 13.6. The van der Waals surface area contributed by atoms with E-state index in [0.717, 1.165) is 27.6 Å². The quantitative estimate of drug-likeness (QED) is 0.620. The van der Waals surface area contributed by atoms with E-state index in [9.17, 15) is 9.59 Å². The largest absolute Gasteiger partial charge is 0.365 e. The molecule has 150 valence electrons. The van der Waals surface area contributed by atoms with Crippen LogP contribution in [0.5, 0.6) is 0 Å². The van der Waals surface area contributed by atoms with Gasteiger partial charge in [-0.2, -0.15) is 0 Å². The minimum absolute atomic E-state index is 0.0569. The molecule has 1 aliphatic rings. The zero-order chi connectivity index (χ0) is 21.0. The van der Waals surface area contributed by atoms with E-state index in [-0.39, 0.29) is 17.0 Å². The highest BCUT2D eigenvalue weighted by atomic mass is 32.1. The first kappa shape index (κ1) is 19.6. The van der Waals surface area contributed by atoms with Crippen molar-refractivity contribution in [1.29, 1.82) is 0 Å². The Morgan fingerprint density at radius 3 is 2.48 bits per heavy atom. The second-order valence-corrected chi connectivity index (χ2v) is 10.0. The van der Waals surface area contributed by atoms with Crippen molar-refractivity contribution in [2.24, 2.45) is 5.73 Å². The third-order valence-corrected chi connectivity index (χ3v) is 6.97. The average Bonchev–Trinajstić information content (AvgIpc) is 2.98. The highest BCUT2D eigenvalue weighted by molar-refractivity contribution is 7.17. The van der Waals surface area contributed by atoms with Gasteiger partial charge in [0.15, 0.2) is 0 Å². The summed E-state index contributed by atoms with van der Waals surface area (Å²) in [6, 6.07) is 13.4. The van der Waals surface area contributed by atoms with Crippen molar-refractivity contribution in [2.45, 2.75) is 45.2 Å². The maximum atomic E-state index is 13.1. The van der Waals surface area contributed by atoms with Crippen LogP contribution in [0.2, 0.25) is 0 Å². The van der Waals surface area contributed by atoms with Gasteiger partial charge >= 0.3 is 0 Å². The lowest BCUT2D eigenvalue weighted by atomic mass is 9.81. The minimum Gasteiger partial charge on any atom is -0.365 e. The van der Waals surface area contributed by atoms with E-state index in [2.05, 4.69) is 38.3 Å². The van der Waals surface area contributed by atoms with Crippen molar-refractivity contribution in [1.82, 2.24) is 0 Å². The number of hydrogen-bond acceptors (Lipinski definition) is 3. The third kappa shape index (κ3) is 3.43. The van der Waals surface area contributed by atoms with E-state index in [0.29, 0.717) is 16.1 Å². The zero-order valence-corrected chi connectivity index (χ0v) is 17.9. The SMILES string of the molecule is CC1(C)Cc2c(sc(NC(=O)c3cccc4ccccc34)c2C(N)=O)C(C)(C)[NH2+]1. The number of benzene rings is 2. The second kappa shape index (κ2) is 6.68. The van der Waals surface area contributed by atoms with Crippen molar-refractivity contribution in [3.63, 3.8) is 0 Å². The third-order valence-electron chi connectivity index (χ3n) is 5.48. The molecule has 5 N–H and O–H groups in total. The molecule has 1 aliphatic heterocycles. The van der Waals surface area contributed by atoms with Crippen molar-refractivity contribution in [3.8, 4) is 0 Å². The number of rotatable bonds is 3. The van der Waals surface area contributed by atoms with Gasteiger partial charge in [0.25, 0.3) is 11.8 Å². The van der Waals surface area contributed by atoms with Crippen molar-refractivity contribution >= 4 is 38.9 Å². The summed E-state index contributed by atoms with van der Waals surface area (Å²) in [4.78, 5) is 26.6. The molecule has 0 bridgehead atoms. The zero-order valence-electron chi connectivity index (χ0n) is 17.1. The molecule has 0 radical (unpaired) electrons. The summed E-state index contributed by atoms with van der Waals surface area (Å²) >= 11 is 1.46. The summed E-state index contributed by atoms with van der Waals surface area (Å²) in [5.74, 6) is -0.729. The number of carbonyl (C=O) groups is 2. The van der Waals surface area contributed by atoms with Crippen LogP contribution in [0.3, 0.4) is 0 Å². The summed E-state index contributed by atoms with van der Waals surface area (Å²) in [6.07, 6.45) is 0.727. The number of carbonyl (C=O) groups excluding carboxylic acids is 2. The first-order valence-electron chi connectivity index (χ1n) is 9.71. The molecular formula is C23H26N3O2S+. The molecule has 0 unspecified atom stereocenters. The summed E-state index contributed by atoms with van der Waals surface area (Å²) in [5, 5.41) is 7.73. The molecule has 0 aliphatic carbocycles. The standard InChI is InChI=1S/C23H25N3O2S/c1-22(2)12-16-17(19(24)27)21(29-18(16)23(3,4)26-22)25-20(28)15-11-7-9-13-8-5-6-10-14(13)15/h5-11,26H,12H2,1-4H3,(H2,24,27)(H,25,28)/p+1. The molecule has 3 aromatic rings. The normalized spacial score (nSPS) is 17.0. The van der Waals surface area contributed by atoms with Crippen LogP contribution in [-0.2, 0) is 12.0 Å². The molecule has 0 fully saturated rings. The van der Waals surface area contributed by atoms with Gasteiger partial charge in [-0.3, -0.25) is 9.59 Å². The monoisotopic (exact) mass is 408 g/mol. The lowest BCUT2D eigenvalue weighted by molar-refractivity contribution is -0.789. The van der Waals surface area contributed by atoms with Gasteiger partial charge in [-0.05, 0) is 50.1 Å². The summed E-state index contributed by atoms with van der Waals surface area (Å²) in [6.45, 7) is 8.61. The van der Waals surface area contributed by atoms with Crippen LogP contribution >= 0.6 is 11.3 Å². The fourth-order valence-corrected chi connectivity index (χ4v) is 5.94. The van der Waals surface area contributed by atoms with Gasteiger partial charge in [0.1, 0.15) is 10.5 Å². The lowest BCUT2D eigenvalue weighted by Gasteiger charge is -2.38. The van der Waals surface area contributed by atoms with Gasteiger partial charge in [-0.25, -0.2) is 0 Å². The molecular weight excluding hydrogens is 382 g/mol.